The van der Waals surface area contributed by atoms with Gasteiger partial charge in [-0.25, -0.2) is 9.78 Å². The Morgan fingerprint density at radius 1 is 1.43 bits per heavy atom. The van der Waals surface area contributed by atoms with Crippen LogP contribution in [0.4, 0.5) is 0 Å². The highest BCUT2D eigenvalue weighted by Crippen LogP contribution is 2.25. The van der Waals surface area contributed by atoms with Gasteiger partial charge < -0.3 is 15.2 Å². The van der Waals surface area contributed by atoms with Gasteiger partial charge >= 0.3 is 5.97 Å². The van der Waals surface area contributed by atoms with Crippen LogP contribution < -0.4 is 10.1 Å². The lowest BCUT2D eigenvalue weighted by molar-refractivity contribution is 0.0690. The minimum absolute atomic E-state index is 0.171. The van der Waals surface area contributed by atoms with E-state index in [4.69, 9.17) is 9.84 Å². The molecular weight excluding hydrogens is 312 g/mol. The summed E-state index contributed by atoms with van der Waals surface area (Å²) in [6.45, 7) is 3.90. The third-order valence-corrected chi connectivity index (χ3v) is 4.63. The van der Waals surface area contributed by atoms with Crippen LogP contribution in [0.1, 0.15) is 25.9 Å². The molecule has 1 aromatic carbocycles. The molecule has 23 heavy (non-hydrogen) atoms. The van der Waals surface area contributed by atoms with Crippen molar-refractivity contribution >= 4 is 23.4 Å². The number of hydrogen-bond donors (Lipinski definition) is 2. The number of benzene rings is 1. The van der Waals surface area contributed by atoms with Crippen molar-refractivity contribution in [2.75, 3.05) is 19.7 Å². The van der Waals surface area contributed by atoms with E-state index in [1.807, 2.05) is 24.3 Å². The van der Waals surface area contributed by atoms with Crippen molar-refractivity contribution in [3.05, 3.63) is 51.0 Å². The van der Waals surface area contributed by atoms with E-state index in [1.165, 1.54) is 16.9 Å². The first-order valence-corrected chi connectivity index (χ1v) is 8.26. The Labute approximate surface area is 138 Å². The van der Waals surface area contributed by atoms with E-state index < -0.39 is 5.97 Å². The fourth-order valence-electron chi connectivity index (χ4n) is 2.47. The van der Waals surface area contributed by atoms with Crippen LogP contribution in [-0.4, -0.2) is 35.8 Å². The SMILES string of the molecule is Cc1sc(CCNCC2=Cc3ccccc3OC2)nc1C(=O)O. The quantitative estimate of drug-likeness (QED) is 0.797. The molecule has 2 N–H and O–H groups in total. The van der Waals surface area contributed by atoms with Gasteiger partial charge in [0.05, 0.1) is 5.01 Å². The van der Waals surface area contributed by atoms with E-state index in [0.717, 1.165) is 40.7 Å². The smallest absolute Gasteiger partial charge is 0.355 e. The maximum Gasteiger partial charge on any atom is 0.355 e. The number of nitrogens with zero attached hydrogens (tertiary/aromatic N) is 1. The molecule has 0 radical (unpaired) electrons. The Kier molecular flexibility index (Phi) is 4.73. The Morgan fingerprint density at radius 2 is 2.26 bits per heavy atom. The van der Waals surface area contributed by atoms with Crippen molar-refractivity contribution in [2.24, 2.45) is 0 Å². The molecule has 0 spiro atoms. The number of carbonyl (C=O) groups is 1. The maximum absolute atomic E-state index is 11.0. The van der Waals surface area contributed by atoms with Crippen LogP contribution in [0.15, 0.2) is 29.8 Å². The second kappa shape index (κ2) is 6.93. The Bertz CT molecular complexity index is 752. The van der Waals surface area contributed by atoms with Crippen LogP contribution in [0, 0.1) is 6.92 Å². The normalized spacial score (nSPS) is 13.2. The molecular formula is C17H18N2O3S. The Morgan fingerprint density at radius 3 is 3.04 bits per heavy atom. The third-order valence-electron chi connectivity index (χ3n) is 3.60. The molecule has 0 saturated heterocycles. The van der Waals surface area contributed by atoms with Gasteiger partial charge in [-0.2, -0.15) is 0 Å². The van der Waals surface area contributed by atoms with E-state index in [-0.39, 0.29) is 5.69 Å². The van der Waals surface area contributed by atoms with Gasteiger partial charge in [0.2, 0.25) is 0 Å². The van der Waals surface area contributed by atoms with Crippen molar-refractivity contribution < 1.29 is 14.6 Å². The van der Waals surface area contributed by atoms with Gasteiger partial charge in [0, 0.05) is 30.0 Å². The number of ether oxygens (including phenoxy) is 1. The summed E-state index contributed by atoms with van der Waals surface area (Å²) >= 11 is 1.45. The first-order chi connectivity index (χ1) is 11.1. The summed E-state index contributed by atoms with van der Waals surface area (Å²) in [5, 5.41) is 13.2. The van der Waals surface area contributed by atoms with Gasteiger partial charge in [-0.05, 0) is 24.6 Å². The molecule has 0 unspecified atom stereocenters. The lowest BCUT2D eigenvalue weighted by atomic mass is 10.1. The van der Waals surface area contributed by atoms with Gasteiger partial charge in [0.15, 0.2) is 5.69 Å². The van der Waals surface area contributed by atoms with Crippen LogP contribution in [-0.2, 0) is 6.42 Å². The molecule has 0 amide bonds. The molecule has 1 aliphatic heterocycles. The van der Waals surface area contributed by atoms with Crippen molar-refractivity contribution in [3.63, 3.8) is 0 Å². The highest BCUT2D eigenvalue weighted by atomic mass is 32.1. The fraction of sp³-hybridized carbons (Fsp3) is 0.294. The number of nitrogens with one attached hydrogen (secondary N) is 1. The van der Waals surface area contributed by atoms with E-state index in [9.17, 15) is 4.79 Å². The zero-order valence-corrected chi connectivity index (χ0v) is 13.7. The average Bonchev–Trinajstić information content (AvgIpc) is 2.92. The van der Waals surface area contributed by atoms with Crippen molar-refractivity contribution in [2.45, 2.75) is 13.3 Å². The lowest BCUT2D eigenvalue weighted by Gasteiger charge is -2.18. The number of rotatable bonds is 6. The molecule has 0 fully saturated rings. The van der Waals surface area contributed by atoms with Gasteiger partial charge in [-0.3, -0.25) is 0 Å². The zero-order valence-electron chi connectivity index (χ0n) is 12.8. The predicted octanol–water partition coefficient (Wildman–Crippen LogP) is 2.76. The zero-order chi connectivity index (χ0) is 16.2. The molecule has 2 heterocycles. The summed E-state index contributed by atoms with van der Waals surface area (Å²) in [5.41, 5.74) is 2.48. The lowest BCUT2D eigenvalue weighted by Crippen LogP contribution is -2.23. The number of aromatic nitrogens is 1. The molecule has 5 nitrogen and oxygen atoms in total. The van der Waals surface area contributed by atoms with Gasteiger partial charge in [0.1, 0.15) is 12.4 Å². The molecule has 3 rings (SSSR count). The summed E-state index contributed by atoms with van der Waals surface area (Å²) in [4.78, 5) is 15.9. The van der Waals surface area contributed by atoms with Crippen molar-refractivity contribution in [1.29, 1.82) is 0 Å². The van der Waals surface area contributed by atoms with Gasteiger partial charge in [-0.1, -0.05) is 18.2 Å². The summed E-state index contributed by atoms with van der Waals surface area (Å²) in [6, 6.07) is 7.98. The van der Waals surface area contributed by atoms with E-state index in [1.54, 1.807) is 6.92 Å². The monoisotopic (exact) mass is 330 g/mol. The first-order valence-electron chi connectivity index (χ1n) is 7.45. The molecule has 0 saturated carbocycles. The van der Waals surface area contributed by atoms with Crippen LogP contribution in [0.2, 0.25) is 0 Å². The minimum atomic E-state index is -0.957. The van der Waals surface area contributed by atoms with Crippen molar-refractivity contribution in [3.8, 4) is 5.75 Å². The van der Waals surface area contributed by atoms with Gasteiger partial charge in [0.25, 0.3) is 0 Å². The van der Waals surface area contributed by atoms with Crippen LogP contribution in [0.5, 0.6) is 5.75 Å². The number of carboxylic acids is 1. The molecule has 0 atom stereocenters. The van der Waals surface area contributed by atoms with E-state index >= 15 is 0 Å². The number of aryl methyl sites for hydroxylation is 1. The van der Waals surface area contributed by atoms with Crippen molar-refractivity contribution in [1.82, 2.24) is 10.3 Å². The molecule has 120 valence electrons. The average molecular weight is 330 g/mol. The van der Waals surface area contributed by atoms with Crippen LogP contribution >= 0.6 is 11.3 Å². The third kappa shape index (κ3) is 3.78. The largest absolute Gasteiger partial charge is 0.489 e. The molecule has 0 bridgehead atoms. The number of thiazole rings is 1. The number of aromatic carboxylic acids is 1. The highest BCUT2D eigenvalue weighted by Gasteiger charge is 2.14. The van der Waals surface area contributed by atoms with E-state index in [0.29, 0.717) is 6.61 Å². The second-order valence-corrected chi connectivity index (χ2v) is 6.66. The summed E-state index contributed by atoms with van der Waals surface area (Å²) in [5.74, 6) is -0.0307. The number of carboxylic acid groups (broad SMARTS) is 1. The van der Waals surface area contributed by atoms with E-state index in [2.05, 4.69) is 16.4 Å². The Balaban J connectivity index is 1.50. The minimum Gasteiger partial charge on any atom is -0.489 e. The highest BCUT2D eigenvalue weighted by molar-refractivity contribution is 7.11. The van der Waals surface area contributed by atoms with Crippen LogP contribution in [0.3, 0.4) is 0 Å². The number of fused-ring (bicyclic) bond motifs is 1. The molecule has 1 aliphatic rings. The fourth-order valence-corrected chi connectivity index (χ4v) is 3.39. The Hall–Kier alpha value is -2.18. The molecule has 1 aromatic heterocycles. The molecule has 0 aliphatic carbocycles. The predicted molar refractivity (Wildman–Crippen MR) is 90.3 cm³/mol. The summed E-state index contributed by atoms with van der Waals surface area (Å²) < 4.78 is 5.71. The molecule has 6 heteroatoms. The van der Waals surface area contributed by atoms with Gasteiger partial charge in [-0.15, -0.1) is 11.3 Å². The maximum atomic E-state index is 11.0. The van der Waals surface area contributed by atoms with Crippen LogP contribution in [0.25, 0.3) is 6.08 Å². The number of hydrogen-bond acceptors (Lipinski definition) is 5. The topological polar surface area (TPSA) is 71.5 Å². The molecule has 2 aromatic rings. The number of para-hydroxylation sites is 1. The second-order valence-electron chi connectivity index (χ2n) is 5.37. The standard InChI is InChI=1S/C17H18N2O3S/c1-11-16(17(20)21)19-15(23-11)6-7-18-9-12-8-13-4-2-3-5-14(13)22-10-12/h2-5,8,18H,6-7,9-10H2,1H3,(H,20,21). The summed E-state index contributed by atoms with van der Waals surface area (Å²) in [7, 11) is 0. The summed E-state index contributed by atoms with van der Waals surface area (Å²) in [6.07, 6.45) is 2.88. The first kappa shape index (κ1) is 15.7.